The van der Waals surface area contributed by atoms with E-state index in [-0.39, 0.29) is 5.04 Å². The molecule has 0 aliphatic carbocycles. The Morgan fingerprint density at radius 3 is 2.07 bits per heavy atom. The molecule has 0 saturated carbocycles. The highest BCUT2D eigenvalue weighted by Gasteiger charge is 2.37. The molecule has 3 nitrogen and oxygen atoms in total. The molecule has 0 aliphatic heterocycles. The van der Waals surface area contributed by atoms with Gasteiger partial charge in [0.25, 0.3) is 0 Å². The number of hydrogen-bond donors (Lipinski definition) is 0. The highest BCUT2D eigenvalue weighted by atomic mass is 32.2. The van der Waals surface area contributed by atoms with Gasteiger partial charge in [0.15, 0.2) is 8.32 Å². The lowest BCUT2D eigenvalue weighted by atomic mass is 10.2. The van der Waals surface area contributed by atoms with Crippen molar-refractivity contribution in [3.63, 3.8) is 0 Å². The van der Waals surface area contributed by atoms with Crippen molar-refractivity contribution in [2.75, 3.05) is 18.5 Å². The van der Waals surface area contributed by atoms with E-state index >= 15 is 0 Å². The summed E-state index contributed by atoms with van der Waals surface area (Å²) in [7, 11) is -6.83. The molecule has 0 aliphatic rings. The van der Waals surface area contributed by atoms with Crippen molar-refractivity contribution in [1.82, 2.24) is 0 Å². The first-order valence-electron chi connectivity index (χ1n) is 6.35. The Balaban J connectivity index is 5.47. The van der Waals surface area contributed by atoms with Gasteiger partial charge in [-0.1, -0.05) is 20.8 Å². The molecule has 0 N–H and O–H groups in total. The molecule has 0 rings (SSSR count). The molecule has 0 spiro atoms. The molecule has 86 valence electrons. The minimum absolute atomic E-state index is 0.339. The van der Waals surface area contributed by atoms with E-state index in [1.807, 2.05) is 20.8 Å². The van der Waals surface area contributed by atoms with E-state index in [4.69, 9.17) is 9.91 Å². The monoisotopic (exact) mass is 242 g/mol. The number of sulfone groups is 1. The van der Waals surface area contributed by atoms with Crippen LogP contribution < -0.4 is 0 Å². The quantitative estimate of drug-likeness (QED) is 0.709. The Labute approximate surface area is 94.5 Å². The largest absolute Gasteiger partial charge is 0.416 e. The smallest absolute Gasteiger partial charge is 0.192 e. The van der Waals surface area contributed by atoms with E-state index in [9.17, 15) is 8.42 Å². The first kappa shape index (κ1) is 8.30. The normalized spacial score (nSPS) is 20.7. The van der Waals surface area contributed by atoms with Gasteiger partial charge in [0, 0.05) is 15.6 Å². The van der Waals surface area contributed by atoms with Crippen LogP contribution in [-0.2, 0) is 14.3 Å². The summed E-state index contributed by atoms with van der Waals surface area (Å²) in [6.45, 7) is 6.21. The first-order valence-corrected chi connectivity index (χ1v) is 9.15. The molecule has 0 aromatic carbocycles. The first-order chi connectivity index (χ1) is 7.46. The van der Waals surface area contributed by atoms with Gasteiger partial charge in [0.1, 0.15) is 9.84 Å². The summed E-state index contributed by atoms with van der Waals surface area (Å²) in [5.41, 5.74) is -3.07. The Morgan fingerprint density at radius 2 is 1.79 bits per heavy atom. The average molecular weight is 242 g/mol. The molecule has 0 radical (unpaired) electrons. The fourth-order valence-electron chi connectivity index (χ4n) is 0.377. The summed E-state index contributed by atoms with van der Waals surface area (Å²) in [6.07, 6.45) is 0.667. The van der Waals surface area contributed by atoms with Crippen LogP contribution in [0.2, 0.25) is 18.1 Å². The van der Waals surface area contributed by atoms with E-state index in [2.05, 4.69) is 0 Å². The maximum atomic E-state index is 11.4. The zero-order valence-corrected chi connectivity index (χ0v) is 11.4. The van der Waals surface area contributed by atoms with Gasteiger partial charge in [-0.25, -0.2) is 8.42 Å². The van der Waals surface area contributed by atoms with Crippen molar-refractivity contribution in [2.24, 2.45) is 0 Å². The maximum Gasteiger partial charge on any atom is 0.192 e. The fraction of sp³-hybridized carbons (Fsp3) is 1.00. The Hall–Kier alpha value is 0.127. The molecule has 0 amide bonds. The van der Waals surface area contributed by atoms with Crippen molar-refractivity contribution in [3.8, 4) is 0 Å². The third-order valence-corrected chi connectivity index (χ3v) is 7.02. The average Bonchev–Trinajstić information content (AvgIpc) is 1.96. The minimum atomic E-state index is -4.22. The SMILES string of the molecule is [2H]C([2H])(O[Si](C)(C)C(C)(C)C)C([2H])([2H])S(C)(=O)=O. The van der Waals surface area contributed by atoms with Gasteiger partial charge in [-0.15, -0.1) is 0 Å². The van der Waals surface area contributed by atoms with E-state index in [0.29, 0.717) is 6.26 Å². The molecule has 5 heteroatoms. The topological polar surface area (TPSA) is 43.4 Å². The summed E-state index contributed by atoms with van der Waals surface area (Å²) in [5, 5.41) is -0.339. The van der Waals surface area contributed by atoms with Gasteiger partial charge < -0.3 is 4.43 Å². The van der Waals surface area contributed by atoms with Crippen molar-refractivity contribution in [1.29, 1.82) is 0 Å². The number of rotatable bonds is 4. The van der Waals surface area contributed by atoms with Crippen LogP contribution in [0.5, 0.6) is 0 Å². The lowest BCUT2D eigenvalue weighted by molar-refractivity contribution is 0.309. The van der Waals surface area contributed by atoms with E-state index in [1.165, 1.54) is 0 Å². The van der Waals surface area contributed by atoms with Crippen molar-refractivity contribution >= 4 is 18.2 Å². The molecule has 0 unspecified atom stereocenters. The Kier molecular flexibility index (Phi) is 2.56. The van der Waals surface area contributed by atoms with Crippen LogP contribution in [0.3, 0.4) is 0 Å². The van der Waals surface area contributed by atoms with Crippen LogP contribution in [0.4, 0.5) is 0 Å². The van der Waals surface area contributed by atoms with E-state index in [1.54, 1.807) is 13.1 Å². The standard InChI is InChI=1S/C9H22O3SSi/c1-9(2,3)14(5,6)12-7-8-13(4,10)11/h7-8H2,1-6H3/i7D2,8D2. The zero-order valence-electron chi connectivity index (χ0n) is 13.6. The van der Waals surface area contributed by atoms with Crippen LogP contribution in [0, 0.1) is 0 Å². The highest BCUT2D eigenvalue weighted by molar-refractivity contribution is 7.90. The van der Waals surface area contributed by atoms with Crippen molar-refractivity contribution in [3.05, 3.63) is 0 Å². The minimum Gasteiger partial charge on any atom is -0.416 e. The molecule has 0 fully saturated rings. The van der Waals surface area contributed by atoms with Gasteiger partial charge in [-0.3, -0.25) is 0 Å². The van der Waals surface area contributed by atoms with Crippen molar-refractivity contribution < 1.29 is 18.3 Å². The van der Waals surface area contributed by atoms with E-state index < -0.39 is 30.4 Å². The molecule has 0 heterocycles. The molecule has 0 aromatic rings. The zero-order chi connectivity index (χ0) is 15.2. The number of hydrogen-bond acceptors (Lipinski definition) is 3. The second-order valence-corrected chi connectivity index (χ2v) is 11.3. The second-order valence-electron chi connectivity index (χ2n) is 4.84. The van der Waals surface area contributed by atoms with Crippen molar-refractivity contribution in [2.45, 2.75) is 38.9 Å². The molecular formula is C9H22O3SSi. The van der Waals surface area contributed by atoms with Crippen LogP contribution in [0.1, 0.15) is 26.3 Å². The van der Waals surface area contributed by atoms with Gasteiger partial charge in [0.2, 0.25) is 0 Å². The summed E-state index contributed by atoms with van der Waals surface area (Å²) in [5.74, 6) is 0. The van der Waals surface area contributed by atoms with Gasteiger partial charge in [0.05, 0.1) is 8.45 Å². The Morgan fingerprint density at radius 1 is 1.36 bits per heavy atom. The summed E-state index contributed by atoms with van der Waals surface area (Å²) in [6, 6.07) is 0. The van der Waals surface area contributed by atoms with Crippen LogP contribution in [0.15, 0.2) is 0 Å². The van der Waals surface area contributed by atoms with Gasteiger partial charge in [-0.2, -0.15) is 0 Å². The lowest BCUT2D eigenvalue weighted by Crippen LogP contribution is -2.41. The predicted octanol–water partition coefficient (Wildman–Crippen LogP) is 2.05. The summed E-state index contributed by atoms with van der Waals surface area (Å²) >= 11 is 0. The molecule has 0 atom stereocenters. The maximum absolute atomic E-state index is 11.4. The van der Waals surface area contributed by atoms with Gasteiger partial charge >= 0.3 is 0 Å². The van der Waals surface area contributed by atoms with E-state index in [0.717, 1.165) is 0 Å². The second kappa shape index (κ2) is 4.33. The Bertz CT molecular complexity index is 412. The molecule has 14 heavy (non-hydrogen) atoms. The lowest BCUT2D eigenvalue weighted by Gasteiger charge is -2.36. The highest BCUT2D eigenvalue weighted by Crippen LogP contribution is 2.36. The molecule has 0 aromatic heterocycles. The van der Waals surface area contributed by atoms with Crippen LogP contribution >= 0.6 is 0 Å². The van der Waals surface area contributed by atoms with Crippen LogP contribution in [-0.4, -0.2) is 35.3 Å². The molecule has 0 bridgehead atoms. The predicted molar refractivity (Wildman–Crippen MR) is 62.9 cm³/mol. The summed E-state index contributed by atoms with van der Waals surface area (Å²) < 4.78 is 58.2. The molecular weight excluding hydrogens is 216 g/mol. The fourth-order valence-corrected chi connectivity index (χ4v) is 1.26. The molecule has 0 saturated heterocycles. The third-order valence-electron chi connectivity index (χ3n) is 2.34. The summed E-state index contributed by atoms with van der Waals surface area (Å²) in [4.78, 5) is 0. The van der Waals surface area contributed by atoms with Crippen LogP contribution in [0.25, 0.3) is 0 Å². The van der Waals surface area contributed by atoms with Gasteiger partial charge in [-0.05, 0) is 18.1 Å². The third kappa shape index (κ3) is 5.12.